The zero-order valence-corrected chi connectivity index (χ0v) is 7.79. The van der Waals surface area contributed by atoms with Gasteiger partial charge >= 0.3 is 12.9 Å². The van der Waals surface area contributed by atoms with Crippen molar-refractivity contribution in [3.05, 3.63) is 22.8 Å². The summed E-state index contributed by atoms with van der Waals surface area (Å²) in [5.41, 5.74) is -1.94. The predicted octanol–water partition coefficient (Wildman–Crippen LogP) is -0.123. The topological polar surface area (TPSA) is 73.6 Å². The highest BCUT2D eigenvalue weighted by Crippen LogP contribution is 2.29. The largest absolute Gasteiger partial charge is 0.555 e. The Labute approximate surface area is 87.0 Å². The van der Waals surface area contributed by atoms with Gasteiger partial charge in [-0.3, -0.25) is 4.98 Å². The van der Waals surface area contributed by atoms with Crippen molar-refractivity contribution in [1.29, 1.82) is 0 Å². The van der Waals surface area contributed by atoms with Gasteiger partial charge in [-0.05, 0) is 11.7 Å². The van der Waals surface area contributed by atoms with Crippen molar-refractivity contribution in [2.75, 3.05) is 0 Å². The molecule has 0 aliphatic rings. The van der Waals surface area contributed by atoms with Crippen LogP contribution in [0.3, 0.4) is 0 Å². The van der Waals surface area contributed by atoms with Gasteiger partial charge in [0.15, 0.2) is 0 Å². The first kappa shape index (κ1) is 12.2. The average molecular weight is 242 g/mol. The quantitative estimate of drug-likeness (QED) is 0.600. The van der Waals surface area contributed by atoms with Crippen molar-refractivity contribution < 1.29 is 28.2 Å². The standard InChI is InChI=1S/C6H5BClF3NO3/c8-4-1-3(6(9,10)11)2-12-5(4)7(13,14)15/h1-2,13-15H/q-1. The van der Waals surface area contributed by atoms with E-state index in [0.717, 1.165) is 0 Å². The lowest BCUT2D eigenvalue weighted by atomic mass is 9.75. The Morgan fingerprint density at radius 3 is 2.13 bits per heavy atom. The number of rotatable bonds is 1. The molecule has 0 bridgehead atoms. The first-order chi connectivity index (χ1) is 6.62. The van der Waals surface area contributed by atoms with Crippen LogP contribution in [0.1, 0.15) is 5.56 Å². The minimum Gasteiger partial charge on any atom is -0.555 e. The van der Waals surface area contributed by atoms with E-state index < -0.39 is 29.1 Å². The van der Waals surface area contributed by atoms with Gasteiger partial charge in [-0.2, -0.15) is 13.2 Å². The second-order valence-electron chi connectivity index (χ2n) is 2.82. The van der Waals surface area contributed by atoms with Gasteiger partial charge in [0, 0.05) is 11.2 Å². The van der Waals surface area contributed by atoms with Gasteiger partial charge in [0.2, 0.25) is 0 Å². The normalized spacial score (nSPS) is 13.0. The summed E-state index contributed by atoms with van der Waals surface area (Å²) >= 11 is 5.29. The predicted molar refractivity (Wildman–Crippen MR) is 46.3 cm³/mol. The van der Waals surface area contributed by atoms with Crippen molar-refractivity contribution in [3.63, 3.8) is 0 Å². The Balaban J connectivity index is 3.21. The first-order valence-corrected chi connectivity index (χ1v) is 4.04. The van der Waals surface area contributed by atoms with E-state index in [2.05, 4.69) is 4.98 Å². The molecule has 4 nitrogen and oxygen atoms in total. The Kier molecular flexibility index (Phi) is 2.97. The molecule has 0 saturated heterocycles. The van der Waals surface area contributed by atoms with E-state index in [1.54, 1.807) is 0 Å². The lowest BCUT2D eigenvalue weighted by Gasteiger charge is -2.21. The Morgan fingerprint density at radius 1 is 1.27 bits per heavy atom. The molecule has 3 N–H and O–H groups in total. The van der Waals surface area contributed by atoms with Crippen molar-refractivity contribution in [1.82, 2.24) is 4.98 Å². The molecule has 0 atom stereocenters. The number of nitrogens with zero attached hydrogens (tertiary/aromatic N) is 1. The summed E-state index contributed by atoms with van der Waals surface area (Å²) < 4.78 is 36.3. The molecule has 0 unspecified atom stereocenters. The molecule has 84 valence electrons. The van der Waals surface area contributed by atoms with Crippen molar-refractivity contribution in [2.45, 2.75) is 6.18 Å². The molecule has 0 spiro atoms. The second kappa shape index (κ2) is 3.64. The summed E-state index contributed by atoms with van der Waals surface area (Å²) in [7, 11) is 0. The molecule has 9 heteroatoms. The Hall–Kier alpha value is -0.825. The maximum atomic E-state index is 12.1. The van der Waals surface area contributed by atoms with E-state index in [0.29, 0.717) is 12.3 Å². The van der Waals surface area contributed by atoms with Gasteiger partial charge in [-0.1, -0.05) is 11.6 Å². The number of pyridine rings is 1. The zero-order valence-electron chi connectivity index (χ0n) is 7.03. The summed E-state index contributed by atoms with van der Waals surface area (Å²) in [4.78, 5) is 3.04. The van der Waals surface area contributed by atoms with Crippen LogP contribution < -0.4 is 5.59 Å². The van der Waals surface area contributed by atoms with Crippen molar-refractivity contribution >= 4 is 23.9 Å². The van der Waals surface area contributed by atoms with Crippen LogP contribution in [0, 0.1) is 0 Å². The molecule has 0 fully saturated rings. The summed E-state index contributed by atoms with van der Waals surface area (Å²) in [6, 6.07) is 0.447. The van der Waals surface area contributed by atoms with E-state index >= 15 is 0 Å². The molecule has 1 heterocycles. The number of halogens is 4. The molecule has 15 heavy (non-hydrogen) atoms. The van der Waals surface area contributed by atoms with Gasteiger partial charge in [0.05, 0.1) is 5.56 Å². The minimum absolute atomic E-state index is 0.348. The molecule has 1 aromatic heterocycles. The SMILES string of the molecule is O[B-](O)(O)c1ncc(C(F)(F)F)cc1Cl. The third-order valence-electron chi connectivity index (χ3n) is 1.56. The highest BCUT2D eigenvalue weighted by Gasteiger charge is 2.33. The summed E-state index contributed by atoms with van der Waals surface area (Å²) in [5.74, 6) is 0. The monoisotopic (exact) mass is 242 g/mol. The highest BCUT2D eigenvalue weighted by atomic mass is 35.5. The summed E-state index contributed by atoms with van der Waals surface area (Å²) in [5, 5.41) is 25.5. The number of aromatic nitrogens is 1. The van der Waals surface area contributed by atoms with Crippen LogP contribution in [0.25, 0.3) is 0 Å². The molecule has 0 saturated carbocycles. The fourth-order valence-electron chi connectivity index (χ4n) is 0.889. The fraction of sp³-hybridized carbons (Fsp3) is 0.167. The third kappa shape index (κ3) is 2.82. The maximum Gasteiger partial charge on any atom is 0.422 e. The van der Waals surface area contributed by atoms with Crippen LogP contribution in [0.15, 0.2) is 12.3 Å². The summed E-state index contributed by atoms with van der Waals surface area (Å²) in [6.07, 6.45) is -4.29. The number of hydrogen-bond acceptors (Lipinski definition) is 4. The van der Waals surface area contributed by atoms with Gasteiger partial charge in [-0.25, -0.2) is 0 Å². The van der Waals surface area contributed by atoms with Crippen LogP contribution in [-0.2, 0) is 6.18 Å². The molecule has 0 aromatic carbocycles. The van der Waals surface area contributed by atoms with Gasteiger partial charge < -0.3 is 15.1 Å². The van der Waals surface area contributed by atoms with Gasteiger partial charge in [-0.15, -0.1) is 0 Å². The highest BCUT2D eigenvalue weighted by molar-refractivity contribution is 6.73. The van der Waals surface area contributed by atoms with Crippen LogP contribution in [-0.4, -0.2) is 26.8 Å². The summed E-state index contributed by atoms with van der Waals surface area (Å²) in [6.45, 7) is -3.99. The lowest BCUT2D eigenvalue weighted by molar-refractivity contribution is -0.137. The molecular weight excluding hydrogens is 237 g/mol. The number of hydrogen-bond donors (Lipinski definition) is 3. The average Bonchev–Trinajstić information content (AvgIpc) is 1.99. The van der Waals surface area contributed by atoms with E-state index in [9.17, 15) is 13.2 Å². The van der Waals surface area contributed by atoms with E-state index in [4.69, 9.17) is 26.7 Å². The van der Waals surface area contributed by atoms with Crippen LogP contribution in [0.2, 0.25) is 5.02 Å². The molecule has 0 aliphatic heterocycles. The van der Waals surface area contributed by atoms with Crippen LogP contribution in [0.5, 0.6) is 0 Å². The molecule has 1 aromatic rings. The van der Waals surface area contributed by atoms with Crippen LogP contribution >= 0.6 is 11.6 Å². The van der Waals surface area contributed by atoms with Gasteiger partial charge in [0.25, 0.3) is 0 Å². The third-order valence-corrected chi connectivity index (χ3v) is 1.87. The van der Waals surface area contributed by atoms with E-state index in [-0.39, 0.29) is 0 Å². The molecule has 0 amide bonds. The lowest BCUT2D eigenvalue weighted by Crippen LogP contribution is -2.51. The second-order valence-corrected chi connectivity index (χ2v) is 3.23. The number of alkyl halides is 3. The molecular formula is C6H5BClF3NO3-. The van der Waals surface area contributed by atoms with Crippen molar-refractivity contribution in [2.24, 2.45) is 0 Å². The Morgan fingerprint density at radius 2 is 1.80 bits per heavy atom. The molecule has 0 aliphatic carbocycles. The molecule has 1 rings (SSSR count). The van der Waals surface area contributed by atoms with E-state index in [1.807, 2.05) is 0 Å². The Bertz CT molecular complexity index is 379. The smallest absolute Gasteiger partial charge is 0.422 e. The van der Waals surface area contributed by atoms with Gasteiger partial charge in [0.1, 0.15) is 0 Å². The fourth-order valence-corrected chi connectivity index (χ4v) is 1.20. The van der Waals surface area contributed by atoms with Crippen molar-refractivity contribution in [3.8, 4) is 0 Å². The van der Waals surface area contributed by atoms with Crippen LogP contribution in [0.4, 0.5) is 13.2 Å². The first-order valence-electron chi connectivity index (χ1n) is 3.67. The maximum absolute atomic E-state index is 12.1. The molecule has 0 radical (unpaired) electrons. The zero-order chi connectivity index (χ0) is 11.9. The van der Waals surface area contributed by atoms with E-state index in [1.165, 1.54) is 0 Å². The minimum atomic E-state index is -4.63.